The zero-order chi connectivity index (χ0) is 13.2. The SMILES string of the molecule is CCC(CC)NC(=O)CNCCC1CCCCC1. The molecule has 1 aliphatic carbocycles. The molecule has 0 aromatic heterocycles. The van der Waals surface area contributed by atoms with Crippen LogP contribution in [0.25, 0.3) is 0 Å². The Morgan fingerprint density at radius 3 is 2.44 bits per heavy atom. The minimum Gasteiger partial charge on any atom is -0.352 e. The summed E-state index contributed by atoms with van der Waals surface area (Å²) in [5, 5.41) is 6.33. The van der Waals surface area contributed by atoms with Crippen molar-refractivity contribution in [3.05, 3.63) is 0 Å². The molecule has 1 aliphatic rings. The molecule has 3 heteroatoms. The lowest BCUT2D eigenvalue weighted by molar-refractivity contribution is -0.121. The standard InChI is InChI=1S/C15H30N2O/c1-3-14(4-2)17-15(18)12-16-11-10-13-8-6-5-7-9-13/h13-14,16H,3-12H2,1-2H3,(H,17,18). The van der Waals surface area contributed by atoms with Gasteiger partial charge in [0, 0.05) is 6.04 Å². The second-order valence-corrected chi connectivity index (χ2v) is 5.55. The lowest BCUT2D eigenvalue weighted by atomic mass is 9.87. The van der Waals surface area contributed by atoms with Crippen LogP contribution in [0.2, 0.25) is 0 Å². The Labute approximate surface area is 112 Å². The average Bonchev–Trinajstić information content (AvgIpc) is 2.42. The predicted octanol–water partition coefficient (Wildman–Crippen LogP) is 2.85. The Balaban J connectivity index is 2.01. The smallest absolute Gasteiger partial charge is 0.234 e. The number of hydrogen-bond acceptors (Lipinski definition) is 2. The van der Waals surface area contributed by atoms with Crippen molar-refractivity contribution >= 4 is 5.91 Å². The highest BCUT2D eigenvalue weighted by atomic mass is 16.1. The summed E-state index contributed by atoms with van der Waals surface area (Å²) >= 11 is 0. The second-order valence-electron chi connectivity index (χ2n) is 5.55. The highest BCUT2D eigenvalue weighted by molar-refractivity contribution is 5.78. The second kappa shape index (κ2) is 9.37. The van der Waals surface area contributed by atoms with Crippen LogP contribution in [0, 0.1) is 5.92 Å². The lowest BCUT2D eigenvalue weighted by Gasteiger charge is -2.21. The van der Waals surface area contributed by atoms with Gasteiger partial charge < -0.3 is 10.6 Å². The minimum atomic E-state index is 0.146. The van der Waals surface area contributed by atoms with Crippen molar-refractivity contribution < 1.29 is 4.79 Å². The predicted molar refractivity (Wildman–Crippen MR) is 76.6 cm³/mol. The third kappa shape index (κ3) is 6.39. The molecule has 0 atom stereocenters. The third-order valence-electron chi connectivity index (χ3n) is 4.09. The van der Waals surface area contributed by atoms with E-state index in [0.29, 0.717) is 12.6 Å². The van der Waals surface area contributed by atoms with Gasteiger partial charge in [-0.3, -0.25) is 4.79 Å². The maximum atomic E-state index is 11.6. The summed E-state index contributed by atoms with van der Waals surface area (Å²) in [4.78, 5) is 11.6. The molecule has 0 heterocycles. The molecule has 0 saturated heterocycles. The van der Waals surface area contributed by atoms with Crippen molar-refractivity contribution in [2.75, 3.05) is 13.1 Å². The fraction of sp³-hybridized carbons (Fsp3) is 0.933. The first kappa shape index (κ1) is 15.5. The zero-order valence-electron chi connectivity index (χ0n) is 12.1. The van der Waals surface area contributed by atoms with Crippen LogP contribution >= 0.6 is 0 Å². The molecule has 3 nitrogen and oxygen atoms in total. The van der Waals surface area contributed by atoms with Gasteiger partial charge in [0.1, 0.15) is 0 Å². The van der Waals surface area contributed by atoms with Gasteiger partial charge in [0.05, 0.1) is 6.54 Å². The van der Waals surface area contributed by atoms with Gasteiger partial charge in [0.25, 0.3) is 0 Å². The molecule has 0 spiro atoms. The Bertz CT molecular complexity index is 221. The molecule has 0 aromatic carbocycles. The Morgan fingerprint density at radius 2 is 1.83 bits per heavy atom. The van der Waals surface area contributed by atoms with E-state index in [1.165, 1.54) is 38.5 Å². The maximum Gasteiger partial charge on any atom is 0.234 e. The largest absolute Gasteiger partial charge is 0.352 e. The number of carbonyl (C=O) groups is 1. The fourth-order valence-electron chi connectivity index (χ4n) is 2.76. The van der Waals surface area contributed by atoms with E-state index in [1.807, 2.05) is 0 Å². The van der Waals surface area contributed by atoms with Crippen molar-refractivity contribution in [3.63, 3.8) is 0 Å². The molecule has 0 bridgehead atoms. The molecule has 0 unspecified atom stereocenters. The first-order chi connectivity index (χ1) is 8.76. The van der Waals surface area contributed by atoms with Gasteiger partial charge in [-0.25, -0.2) is 0 Å². The molecule has 106 valence electrons. The third-order valence-corrected chi connectivity index (χ3v) is 4.09. The number of carbonyl (C=O) groups excluding carboxylic acids is 1. The van der Waals surface area contributed by atoms with Crippen molar-refractivity contribution in [3.8, 4) is 0 Å². The van der Waals surface area contributed by atoms with Gasteiger partial charge in [-0.1, -0.05) is 46.0 Å². The van der Waals surface area contributed by atoms with Crippen molar-refractivity contribution in [1.29, 1.82) is 0 Å². The molecule has 1 rings (SSSR count). The Kier molecular flexibility index (Phi) is 8.06. The summed E-state index contributed by atoms with van der Waals surface area (Å²) in [5.41, 5.74) is 0. The van der Waals surface area contributed by atoms with Crippen molar-refractivity contribution in [2.45, 2.75) is 71.3 Å². The van der Waals surface area contributed by atoms with E-state index >= 15 is 0 Å². The first-order valence-electron chi connectivity index (χ1n) is 7.76. The van der Waals surface area contributed by atoms with Gasteiger partial charge in [0.15, 0.2) is 0 Å². The van der Waals surface area contributed by atoms with E-state index in [-0.39, 0.29) is 5.91 Å². The maximum absolute atomic E-state index is 11.6. The summed E-state index contributed by atoms with van der Waals surface area (Å²) in [6.07, 6.45) is 10.3. The Morgan fingerprint density at radius 1 is 1.17 bits per heavy atom. The number of amides is 1. The van der Waals surface area contributed by atoms with Crippen LogP contribution in [0.3, 0.4) is 0 Å². The van der Waals surface area contributed by atoms with Crippen LogP contribution in [0.15, 0.2) is 0 Å². The topological polar surface area (TPSA) is 41.1 Å². The molecule has 1 saturated carbocycles. The van der Waals surface area contributed by atoms with Crippen LogP contribution in [0.5, 0.6) is 0 Å². The van der Waals surface area contributed by atoms with Crippen LogP contribution in [0.1, 0.15) is 65.2 Å². The zero-order valence-corrected chi connectivity index (χ0v) is 12.1. The van der Waals surface area contributed by atoms with Gasteiger partial charge >= 0.3 is 0 Å². The van der Waals surface area contributed by atoms with Crippen LogP contribution in [-0.4, -0.2) is 25.0 Å². The molecule has 1 fully saturated rings. The molecular formula is C15H30N2O. The minimum absolute atomic E-state index is 0.146. The monoisotopic (exact) mass is 254 g/mol. The summed E-state index contributed by atoms with van der Waals surface area (Å²) in [5.74, 6) is 1.04. The quantitative estimate of drug-likeness (QED) is 0.654. The molecule has 1 amide bonds. The van der Waals surface area contributed by atoms with Gasteiger partial charge in [-0.15, -0.1) is 0 Å². The molecule has 2 N–H and O–H groups in total. The molecule has 0 aliphatic heterocycles. The Hall–Kier alpha value is -0.570. The van der Waals surface area contributed by atoms with Gasteiger partial charge in [0.2, 0.25) is 5.91 Å². The van der Waals surface area contributed by atoms with Crippen LogP contribution < -0.4 is 10.6 Å². The van der Waals surface area contributed by atoms with E-state index in [2.05, 4.69) is 24.5 Å². The van der Waals surface area contributed by atoms with Gasteiger partial charge in [-0.05, 0) is 31.7 Å². The van der Waals surface area contributed by atoms with E-state index in [1.54, 1.807) is 0 Å². The number of rotatable bonds is 8. The van der Waals surface area contributed by atoms with E-state index < -0.39 is 0 Å². The van der Waals surface area contributed by atoms with Crippen molar-refractivity contribution in [1.82, 2.24) is 10.6 Å². The summed E-state index contributed by atoms with van der Waals surface area (Å²) < 4.78 is 0. The van der Waals surface area contributed by atoms with E-state index in [4.69, 9.17) is 0 Å². The lowest BCUT2D eigenvalue weighted by Crippen LogP contribution is -2.40. The molecule has 0 radical (unpaired) electrons. The molecule has 18 heavy (non-hydrogen) atoms. The molecular weight excluding hydrogens is 224 g/mol. The van der Waals surface area contributed by atoms with Crippen LogP contribution in [0.4, 0.5) is 0 Å². The normalized spacial score (nSPS) is 17.1. The van der Waals surface area contributed by atoms with E-state index in [0.717, 1.165) is 25.3 Å². The highest BCUT2D eigenvalue weighted by Gasteiger charge is 2.13. The van der Waals surface area contributed by atoms with Crippen LogP contribution in [-0.2, 0) is 4.79 Å². The first-order valence-corrected chi connectivity index (χ1v) is 7.76. The molecule has 0 aromatic rings. The fourth-order valence-corrected chi connectivity index (χ4v) is 2.76. The van der Waals surface area contributed by atoms with Crippen molar-refractivity contribution in [2.24, 2.45) is 5.92 Å². The number of nitrogens with one attached hydrogen (secondary N) is 2. The number of hydrogen-bond donors (Lipinski definition) is 2. The summed E-state index contributed by atoms with van der Waals surface area (Å²) in [6.45, 7) is 5.69. The van der Waals surface area contributed by atoms with E-state index in [9.17, 15) is 4.79 Å². The average molecular weight is 254 g/mol. The van der Waals surface area contributed by atoms with Gasteiger partial charge in [-0.2, -0.15) is 0 Å². The summed E-state index contributed by atoms with van der Waals surface area (Å²) in [6, 6.07) is 0.345. The highest BCUT2D eigenvalue weighted by Crippen LogP contribution is 2.25. The summed E-state index contributed by atoms with van der Waals surface area (Å²) in [7, 11) is 0.